The van der Waals surface area contributed by atoms with E-state index in [4.69, 9.17) is 11.6 Å². The third-order valence-electron chi connectivity index (χ3n) is 6.48. The van der Waals surface area contributed by atoms with E-state index in [1.54, 1.807) is 80.1 Å². The number of anilines is 1. The predicted molar refractivity (Wildman–Crippen MR) is 143 cm³/mol. The van der Waals surface area contributed by atoms with Crippen molar-refractivity contribution in [3.63, 3.8) is 0 Å². The fourth-order valence-corrected chi connectivity index (χ4v) is 4.62. The van der Waals surface area contributed by atoms with Gasteiger partial charge in [0.25, 0.3) is 11.5 Å². The first-order valence-electron chi connectivity index (χ1n) is 11.9. The zero-order valence-electron chi connectivity index (χ0n) is 20.4. The van der Waals surface area contributed by atoms with Crippen LogP contribution in [0.2, 0.25) is 5.02 Å². The minimum atomic E-state index is -0.836. The number of fused-ring (bicyclic) bond motifs is 1. The van der Waals surface area contributed by atoms with Gasteiger partial charge in [-0.15, -0.1) is 0 Å². The lowest BCUT2D eigenvalue weighted by Gasteiger charge is -2.28. The molecule has 8 nitrogen and oxygen atoms in total. The highest BCUT2D eigenvalue weighted by Crippen LogP contribution is 2.28. The molecule has 0 unspecified atom stereocenters. The van der Waals surface area contributed by atoms with Gasteiger partial charge in [-0.2, -0.15) is 0 Å². The molecule has 0 bridgehead atoms. The number of benzene rings is 2. The first kappa shape index (κ1) is 25.1. The maximum atomic E-state index is 13.7. The second-order valence-electron chi connectivity index (χ2n) is 9.02. The quantitative estimate of drug-likeness (QED) is 0.384. The largest absolute Gasteiger partial charge is 0.323 e. The van der Waals surface area contributed by atoms with E-state index in [0.717, 1.165) is 0 Å². The monoisotopic (exact) mass is 526 g/mol. The van der Waals surface area contributed by atoms with Crippen LogP contribution in [0, 0.1) is 0 Å². The van der Waals surface area contributed by atoms with Gasteiger partial charge in [0.2, 0.25) is 5.91 Å². The maximum absolute atomic E-state index is 13.7. The Morgan fingerprint density at radius 1 is 1.00 bits per heavy atom. The number of amides is 2. The van der Waals surface area contributed by atoms with Gasteiger partial charge >= 0.3 is 0 Å². The molecule has 1 aliphatic heterocycles. The predicted octanol–water partition coefficient (Wildman–Crippen LogP) is 3.87. The first-order valence-corrected chi connectivity index (χ1v) is 12.3. The van der Waals surface area contributed by atoms with Crippen molar-refractivity contribution in [1.29, 1.82) is 0 Å². The van der Waals surface area contributed by atoms with Crippen molar-refractivity contribution in [2.75, 3.05) is 5.32 Å². The Hall–Kier alpha value is -4.56. The van der Waals surface area contributed by atoms with E-state index in [2.05, 4.69) is 10.3 Å². The van der Waals surface area contributed by atoms with E-state index in [-0.39, 0.29) is 41.7 Å². The van der Waals surface area contributed by atoms with Gasteiger partial charge in [0.05, 0.1) is 16.8 Å². The lowest BCUT2D eigenvalue weighted by Crippen LogP contribution is -2.46. The van der Waals surface area contributed by atoms with E-state index in [9.17, 15) is 19.2 Å². The van der Waals surface area contributed by atoms with E-state index in [0.29, 0.717) is 33.1 Å². The summed E-state index contributed by atoms with van der Waals surface area (Å²) in [5, 5.41) is 3.24. The van der Waals surface area contributed by atoms with Crippen LogP contribution >= 0.6 is 11.6 Å². The van der Waals surface area contributed by atoms with Crippen molar-refractivity contribution in [3.8, 4) is 0 Å². The highest BCUT2D eigenvalue weighted by molar-refractivity contribution is 6.31. The van der Waals surface area contributed by atoms with Crippen molar-refractivity contribution >= 4 is 34.9 Å². The van der Waals surface area contributed by atoms with Crippen LogP contribution in [-0.4, -0.2) is 38.1 Å². The number of aryl methyl sites for hydroxylation is 1. The normalized spacial score (nSPS) is 15.0. The molecule has 0 fully saturated rings. The van der Waals surface area contributed by atoms with Crippen molar-refractivity contribution < 1.29 is 14.4 Å². The zero-order valence-corrected chi connectivity index (χ0v) is 21.2. The molecule has 2 aromatic carbocycles. The summed E-state index contributed by atoms with van der Waals surface area (Å²) in [6, 6.07) is 19.2. The number of halogens is 1. The molecule has 2 aromatic heterocycles. The smallest absolute Gasteiger partial charge is 0.261 e. The summed E-state index contributed by atoms with van der Waals surface area (Å²) in [7, 11) is 1.59. The summed E-state index contributed by atoms with van der Waals surface area (Å²) in [4.78, 5) is 58.2. The zero-order chi connectivity index (χ0) is 26.8. The third kappa shape index (κ3) is 4.99. The molecular weight excluding hydrogens is 504 g/mol. The van der Waals surface area contributed by atoms with Crippen LogP contribution in [0.15, 0.2) is 90.0 Å². The molecule has 0 spiro atoms. The summed E-state index contributed by atoms with van der Waals surface area (Å²) in [5.41, 5.74) is 2.12. The lowest BCUT2D eigenvalue weighted by molar-refractivity contribution is -0.120. The number of ketones is 1. The van der Waals surface area contributed by atoms with Crippen LogP contribution in [0.25, 0.3) is 0 Å². The van der Waals surface area contributed by atoms with Crippen molar-refractivity contribution in [1.82, 2.24) is 14.5 Å². The fraction of sp³-hybridized carbons (Fsp3) is 0.138. The molecule has 190 valence electrons. The topological polar surface area (TPSA) is 101 Å². The molecule has 0 saturated heterocycles. The van der Waals surface area contributed by atoms with Crippen LogP contribution in [0.5, 0.6) is 0 Å². The maximum Gasteiger partial charge on any atom is 0.261 e. The number of aromatic nitrogens is 2. The van der Waals surface area contributed by atoms with Crippen molar-refractivity contribution in [2.24, 2.45) is 7.05 Å². The minimum absolute atomic E-state index is 0.0767. The fourth-order valence-electron chi connectivity index (χ4n) is 4.45. The molecule has 0 radical (unpaired) electrons. The average Bonchev–Trinajstić information content (AvgIpc) is 3.00. The van der Waals surface area contributed by atoms with Gasteiger partial charge in [-0.05, 0) is 48.0 Å². The molecule has 1 aliphatic rings. The highest BCUT2D eigenvalue weighted by atomic mass is 35.5. The van der Waals surface area contributed by atoms with E-state index in [1.165, 1.54) is 15.5 Å². The van der Waals surface area contributed by atoms with Crippen LogP contribution < -0.4 is 10.9 Å². The van der Waals surface area contributed by atoms with E-state index >= 15 is 0 Å². The summed E-state index contributed by atoms with van der Waals surface area (Å²) < 4.78 is 1.35. The van der Waals surface area contributed by atoms with Gasteiger partial charge in [-0.25, -0.2) is 0 Å². The highest BCUT2D eigenvalue weighted by Gasteiger charge is 2.36. The van der Waals surface area contributed by atoms with Crippen LogP contribution in [0.4, 0.5) is 5.69 Å². The Morgan fingerprint density at radius 3 is 2.53 bits per heavy atom. The number of hydrogen-bond donors (Lipinski definition) is 1. The number of hydrogen-bond acceptors (Lipinski definition) is 5. The first-order chi connectivity index (χ1) is 18.3. The molecule has 1 N–H and O–H groups in total. The number of pyridine rings is 2. The Balaban J connectivity index is 1.47. The van der Waals surface area contributed by atoms with E-state index < -0.39 is 6.04 Å². The standard InChI is InChI=1S/C29H23ClN4O4/c1-33-14-4-6-23(28(33)37)26(35)19-9-7-18(8-10-19)17-34-25(16-21-5-2-3-13-31-21)27(36)32-24-15-20(30)11-12-22(24)29(34)38/h2-15,25H,16-17H2,1H3,(H,32,36)/t25-/m1/s1. The number of rotatable bonds is 6. The molecule has 3 heterocycles. The van der Waals surface area contributed by atoms with Gasteiger partial charge in [0.1, 0.15) is 6.04 Å². The second kappa shape index (κ2) is 10.4. The summed E-state index contributed by atoms with van der Waals surface area (Å²) in [6.45, 7) is 0.118. The van der Waals surface area contributed by atoms with Gasteiger partial charge in [0, 0.05) is 48.7 Å². The molecular formula is C29H23ClN4O4. The van der Waals surface area contributed by atoms with Gasteiger partial charge < -0.3 is 14.8 Å². The number of carbonyl (C=O) groups is 3. The van der Waals surface area contributed by atoms with Crippen molar-refractivity contribution in [2.45, 2.75) is 19.0 Å². The van der Waals surface area contributed by atoms with Gasteiger partial charge in [-0.3, -0.25) is 24.2 Å². The molecule has 5 rings (SSSR count). The number of carbonyl (C=O) groups excluding carboxylic acids is 3. The Kier molecular flexibility index (Phi) is 6.89. The minimum Gasteiger partial charge on any atom is -0.323 e. The van der Waals surface area contributed by atoms with Crippen LogP contribution in [0.3, 0.4) is 0 Å². The lowest BCUT2D eigenvalue weighted by atomic mass is 10.0. The number of nitrogens with zero attached hydrogens (tertiary/aromatic N) is 3. The Bertz CT molecular complexity index is 1600. The van der Waals surface area contributed by atoms with Gasteiger partial charge in [-0.1, -0.05) is 41.9 Å². The molecule has 1 atom stereocenters. The van der Waals surface area contributed by atoms with Crippen molar-refractivity contribution in [3.05, 3.63) is 129 Å². The molecule has 2 amide bonds. The third-order valence-corrected chi connectivity index (χ3v) is 6.71. The molecule has 0 aliphatic carbocycles. The Morgan fingerprint density at radius 2 is 1.79 bits per heavy atom. The average molecular weight is 527 g/mol. The van der Waals surface area contributed by atoms with E-state index in [1.807, 2.05) is 6.07 Å². The second-order valence-corrected chi connectivity index (χ2v) is 9.45. The molecule has 9 heteroatoms. The SMILES string of the molecule is Cn1cccc(C(=O)c2ccc(CN3C(=O)c4ccc(Cl)cc4NC(=O)[C@H]3Cc3ccccn3)cc2)c1=O. The Labute approximate surface area is 223 Å². The van der Waals surface area contributed by atoms with Gasteiger partial charge in [0.15, 0.2) is 5.78 Å². The van der Waals surface area contributed by atoms with Crippen LogP contribution in [0.1, 0.15) is 37.5 Å². The van der Waals surface area contributed by atoms with Crippen LogP contribution in [-0.2, 0) is 24.8 Å². The summed E-state index contributed by atoms with van der Waals surface area (Å²) in [5.74, 6) is -1.07. The molecule has 38 heavy (non-hydrogen) atoms. The molecule has 4 aromatic rings. The summed E-state index contributed by atoms with van der Waals surface area (Å²) in [6.07, 6.45) is 3.44. The number of nitrogens with one attached hydrogen (secondary N) is 1. The molecule has 0 saturated carbocycles. The summed E-state index contributed by atoms with van der Waals surface area (Å²) >= 11 is 6.13.